The van der Waals surface area contributed by atoms with Crippen molar-refractivity contribution >= 4 is 34.2 Å². The van der Waals surface area contributed by atoms with Crippen LogP contribution in [0.15, 0.2) is 66.7 Å². The standard InChI is InChI=1S/C22H21N3O3/c1-14(26)24-18-11-9-16(10-12-18)22(28)25-20(21(23)27)13-17-7-4-6-15-5-2-3-8-19(15)17/h2-12,20H,13H2,1H3,(H2,23,27)(H,24,26)(H,25,28)/t20-/m1/s1. The van der Waals surface area contributed by atoms with Crippen LogP contribution in [0.1, 0.15) is 22.8 Å². The van der Waals surface area contributed by atoms with Crippen LogP contribution in [0.5, 0.6) is 0 Å². The molecule has 0 fully saturated rings. The monoisotopic (exact) mass is 375 g/mol. The van der Waals surface area contributed by atoms with Crippen molar-refractivity contribution < 1.29 is 14.4 Å². The van der Waals surface area contributed by atoms with Gasteiger partial charge in [0, 0.05) is 24.6 Å². The van der Waals surface area contributed by atoms with Crippen molar-refractivity contribution in [3.63, 3.8) is 0 Å². The van der Waals surface area contributed by atoms with Crippen molar-refractivity contribution in [2.24, 2.45) is 5.73 Å². The summed E-state index contributed by atoms with van der Waals surface area (Å²) in [7, 11) is 0. The van der Waals surface area contributed by atoms with Crippen molar-refractivity contribution in [1.82, 2.24) is 5.32 Å². The van der Waals surface area contributed by atoms with Crippen LogP contribution >= 0.6 is 0 Å². The van der Waals surface area contributed by atoms with Gasteiger partial charge in [0.05, 0.1) is 0 Å². The summed E-state index contributed by atoms with van der Waals surface area (Å²) >= 11 is 0. The molecular formula is C22H21N3O3. The van der Waals surface area contributed by atoms with Gasteiger partial charge in [0.1, 0.15) is 6.04 Å². The van der Waals surface area contributed by atoms with Gasteiger partial charge >= 0.3 is 0 Å². The first kappa shape index (κ1) is 19.1. The Morgan fingerprint density at radius 1 is 0.929 bits per heavy atom. The molecule has 0 aliphatic rings. The van der Waals surface area contributed by atoms with Crippen LogP contribution in [0.3, 0.4) is 0 Å². The molecule has 0 aromatic heterocycles. The van der Waals surface area contributed by atoms with Crippen LogP contribution in [0, 0.1) is 0 Å². The highest BCUT2D eigenvalue weighted by Crippen LogP contribution is 2.20. The molecule has 28 heavy (non-hydrogen) atoms. The summed E-state index contributed by atoms with van der Waals surface area (Å²) in [6.45, 7) is 1.41. The summed E-state index contributed by atoms with van der Waals surface area (Å²) in [5, 5.41) is 7.42. The number of primary amides is 1. The summed E-state index contributed by atoms with van der Waals surface area (Å²) in [5.41, 5.74) is 7.43. The van der Waals surface area contributed by atoms with E-state index < -0.39 is 17.9 Å². The van der Waals surface area contributed by atoms with Gasteiger partial charge in [-0.25, -0.2) is 0 Å². The lowest BCUT2D eigenvalue weighted by molar-refractivity contribution is -0.119. The third-order valence-corrected chi connectivity index (χ3v) is 4.42. The molecular weight excluding hydrogens is 354 g/mol. The van der Waals surface area contributed by atoms with Crippen molar-refractivity contribution in [2.75, 3.05) is 5.32 Å². The van der Waals surface area contributed by atoms with Crippen LogP contribution in [-0.4, -0.2) is 23.8 Å². The second-order valence-electron chi connectivity index (χ2n) is 6.53. The van der Waals surface area contributed by atoms with Crippen molar-refractivity contribution in [2.45, 2.75) is 19.4 Å². The third kappa shape index (κ3) is 4.54. The number of anilines is 1. The van der Waals surface area contributed by atoms with E-state index in [0.29, 0.717) is 17.7 Å². The zero-order valence-corrected chi connectivity index (χ0v) is 15.4. The fourth-order valence-electron chi connectivity index (χ4n) is 3.06. The molecule has 142 valence electrons. The number of rotatable bonds is 6. The highest BCUT2D eigenvalue weighted by Gasteiger charge is 2.20. The average molecular weight is 375 g/mol. The number of benzene rings is 3. The number of nitrogens with one attached hydrogen (secondary N) is 2. The minimum Gasteiger partial charge on any atom is -0.368 e. The smallest absolute Gasteiger partial charge is 0.251 e. The molecule has 0 heterocycles. The molecule has 0 saturated heterocycles. The van der Waals surface area contributed by atoms with E-state index in [2.05, 4.69) is 10.6 Å². The Kier molecular flexibility index (Phi) is 5.69. The number of fused-ring (bicyclic) bond motifs is 1. The first-order chi connectivity index (χ1) is 13.4. The molecule has 3 aromatic carbocycles. The number of carbonyl (C=O) groups is 3. The number of hydrogen-bond acceptors (Lipinski definition) is 3. The maximum Gasteiger partial charge on any atom is 0.251 e. The van der Waals surface area contributed by atoms with Crippen molar-refractivity contribution in [1.29, 1.82) is 0 Å². The number of amides is 3. The van der Waals surface area contributed by atoms with Gasteiger partial charge in [0.15, 0.2) is 0 Å². The zero-order chi connectivity index (χ0) is 20.1. The van der Waals surface area contributed by atoms with E-state index in [0.717, 1.165) is 16.3 Å². The Morgan fingerprint density at radius 2 is 1.61 bits per heavy atom. The molecule has 6 heteroatoms. The normalized spacial score (nSPS) is 11.6. The van der Waals surface area contributed by atoms with Gasteiger partial charge in [-0.2, -0.15) is 0 Å². The Labute approximate surface area is 162 Å². The van der Waals surface area contributed by atoms with E-state index >= 15 is 0 Å². The third-order valence-electron chi connectivity index (χ3n) is 4.42. The van der Waals surface area contributed by atoms with Crippen LogP contribution < -0.4 is 16.4 Å². The molecule has 3 aromatic rings. The average Bonchev–Trinajstić information content (AvgIpc) is 2.67. The van der Waals surface area contributed by atoms with Gasteiger partial charge in [0.2, 0.25) is 11.8 Å². The summed E-state index contributed by atoms with van der Waals surface area (Å²) < 4.78 is 0. The van der Waals surface area contributed by atoms with E-state index in [1.54, 1.807) is 24.3 Å². The lowest BCUT2D eigenvalue weighted by Gasteiger charge is -2.17. The topological polar surface area (TPSA) is 101 Å². The largest absolute Gasteiger partial charge is 0.368 e. The molecule has 0 spiro atoms. The fraction of sp³-hybridized carbons (Fsp3) is 0.136. The van der Waals surface area contributed by atoms with Gasteiger partial charge in [-0.05, 0) is 40.6 Å². The molecule has 0 saturated carbocycles. The van der Waals surface area contributed by atoms with Gasteiger partial charge in [0.25, 0.3) is 5.91 Å². The zero-order valence-electron chi connectivity index (χ0n) is 15.4. The second-order valence-corrected chi connectivity index (χ2v) is 6.53. The predicted molar refractivity (Wildman–Crippen MR) is 109 cm³/mol. The molecule has 0 unspecified atom stereocenters. The molecule has 3 rings (SSSR count). The van der Waals surface area contributed by atoms with Gasteiger partial charge in [-0.15, -0.1) is 0 Å². The van der Waals surface area contributed by atoms with Crippen LogP contribution in [-0.2, 0) is 16.0 Å². The Hall–Kier alpha value is -3.67. The molecule has 0 aliphatic carbocycles. The highest BCUT2D eigenvalue weighted by molar-refractivity contribution is 5.98. The number of carbonyl (C=O) groups excluding carboxylic acids is 3. The summed E-state index contributed by atoms with van der Waals surface area (Å²) in [4.78, 5) is 35.6. The van der Waals surface area contributed by atoms with Gasteiger partial charge in [-0.3, -0.25) is 14.4 Å². The molecule has 3 amide bonds. The van der Waals surface area contributed by atoms with Crippen LogP contribution in [0.4, 0.5) is 5.69 Å². The minimum atomic E-state index is -0.840. The van der Waals surface area contributed by atoms with Crippen LogP contribution in [0.2, 0.25) is 0 Å². The molecule has 0 bridgehead atoms. The minimum absolute atomic E-state index is 0.193. The summed E-state index contributed by atoms with van der Waals surface area (Å²) in [6.07, 6.45) is 0.298. The SMILES string of the molecule is CC(=O)Nc1ccc(C(=O)N[C@H](Cc2cccc3ccccc23)C(N)=O)cc1. The fourth-order valence-corrected chi connectivity index (χ4v) is 3.06. The lowest BCUT2D eigenvalue weighted by atomic mass is 9.98. The molecule has 0 aliphatic heterocycles. The van der Waals surface area contributed by atoms with E-state index in [9.17, 15) is 14.4 Å². The van der Waals surface area contributed by atoms with Crippen LogP contribution in [0.25, 0.3) is 10.8 Å². The first-order valence-corrected chi connectivity index (χ1v) is 8.88. The predicted octanol–water partition coefficient (Wildman–Crippen LogP) is 2.62. The highest BCUT2D eigenvalue weighted by atomic mass is 16.2. The van der Waals surface area contributed by atoms with Gasteiger partial charge < -0.3 is 16.4 Å². The Bertz CT molecular complexity index is 1020. The summed E-state index contributed by atoms with van der Waals surface area (Å²) in [5.74, 6) is -1.20. The Balaban J connectivity index is 1.76. The molecule has 0 radical (unpaired) electrons. The lowest BCUT2D eigenvalue weighted by Crippen LogP contribution is -2.45. The van der Waals surface area contributed by atoms with Gasteiger partial charge in [-0.1, -0.05) is 42.5 Å². The van der Waals surface area contributed by atoms with E-state index in [-0.39, 0.29) is 5.91 Å². The quantitative estimate of drug-likeness (QED) is 0.617. The molecule has 4 N–H and O–H groups in total. The van der Waals surface area contributed by atoms with Crippen molar-refractivity contribution in [3.8, 4) is 0 Å². The Morgan fingerprint density at radius 3 is 2.29 bits per heavy atom. The van der Waals surface area contributed by atoms with E-state index in [1.165, 1.54) is 6.92 Å². The maximum absolute atomic E-state index is 12.5. The second kappa shape index (κ2) is 8.35. The van der Waals surface area contributed by atoms with E-state index in [4.69, 9.17) is 5.73 Å². The number of nitrogens with two attached hydrogens (primary N) is 1. The molecule has 6 nitrogen and oxygen atoms in total. The molecule has 1 atom stereocenters. The number of hydrogen-bond donors (Lipinski definition) is 3. The van der Waals surface area contributed by atoms with Crippen molar-refractivity contribution in [3.05, 3.63) is 77.9 Å². The maximum atomic E-state index is 12.5. The summed E-state index contributed by atoms with van der Waals surface area (Å²) in [6, 6.07) is 19.3. The van der Waals surface area contributed by atoms with E-state index in [1.807, 2.05) is 42.5 Å². The first-order valence-electron chi connectivity index (χ1n) is 8.88.